The molecule has 1 nitrogen and oxygen atoms in total. The molecule has 0 aromatic carbocycles. The highest BCUT2D eigenvalue weighted by Crippen LogP contribution is 2.46. The third-order valence-electron chi connectivity index (χ3n) is 3.70. The first kappa shape index (κ1) is 10.0. The predicted molar refractivity (Wildman–Crippen MR) is 52.1 cm³/mol. The van der Waals surface area contributed by atoms with E-state index in [0.29, 0.717) is 12.0 Å². The van der Waals surface area contributed by atoms with E-state index in [2.05, 4.69) is 13.8 Å². The first-order chi connectivity index (χ1) is 5.75. The van der Waals surface area contributed by atoms with Gasteiger partial charge in [0.15, 0.2) is 0 Å². The lowest BCUT2D eigenvalue weighted by atomic mass is 9.75. The fourth-order valence-corrected chi connectivity index (χ4v) is 2.53. The molecule has 12 heavy (non-hydrogen) atoms. The maximum Gasteiger partial charge on any atom is 0.0489 e. The molecule has 0 spiro atoms. The molecule has 2 unspecified atom stereocenters. The third-order valence-corrected chi connectivity index (χ3v) is 3.70. The van der Waals surface area contributed by atoms with E-state index in [4.69, 9.17) is 0 Å². The molecule has 0 heterocycles. The topological polar surface area (TPSA) is 20.2 Å². The highest BCUT2D eigenvalue weighted by molar-refractivity contribution is 4.89. The van der Waals surface area contributed by atoms with Crippen LogP contribution in [0.4, 0.5) is 0 Å². The zero-order valence-corrected chi connectivity index (χ0v) is 8.47. The number of rotatable bonds is 4. The Labute approximate surface area is 76.2 Å². The molecule has 0 aromatic rings. The molecule has 1 fully saturated rings. The van der Waals surface area contributed by atoms with E-state index in [-0.39, 0.29) is 0 Å². The second kappa shape index (κ2) is 4.27. The summed E-state index contributed by atoms with van der Waals surface area (Å²) in [4.78, 5) is 0. The molecular weight excluding hydrogens is 148 g/mol. The van der Waals surface area contributed by atoms with Crippen molar-refractivity contribution in [3.63, 3.8) is 0 Å². The van der Waals surface area contributed by atoms with Crippen LogP contribution in [0.5, 0.6) is 0 Å². The van der Waals surface area contributed by atoms with Gasteiger partial charge < -0.3 is 5.11 Å². The van der Waals surface area contributed by atoms with Gasteiger partial charge in [0.1, 0.15) is 0 Å². The van der Waals surface area contributed by atoms with Crippen molar-refractivity contribution in [2.45, 2.75) is 52.4 Å². The number of aliphatic hydroxyl groups is 1. The van der Waals surface area contributed by atoms with E-state index in [1.165, 1.54) is 38.5 Å². The van der Waals surface area contributed by atoms with Crippen molar-refractivity contribution in [1.82, 2.24) is 0 Å². The molecular formula is C11H22O. The normalized spacial score (nSPS) is 35.8. The monoisotopic (exact) mass is 170 g/mol. The summed E-state index contributed by atoms with van der Waals surface area (Å²) < 4.78 is 0. The summed E-state index contributed by atoms with van der Waals surface area (Å²) in [5, 5.41) is 9.41. The van der Waals surface area contributed by atoms with Gasteiger partial charge in [-0.1, -0.05) is 39.5 Å². The van der Waals surface area contributed by atoms with Crippen LogP contribution in [0.1, 0.15) is 52.4 Å². The largest absolute Gasteiger partial charge is 0.396 e. The minimum atomic E-state index is 0.302. The maximum atomic E-state index is 9.41. The zero-order chi connectivity index (χ0) is 9.03. The van der Waals surface area contributed by atoms with Gasteiger partial charge in [-0.3, -0.25) is 0 Å². The average molecular weight is 170 g/mol. The average Bonchev–Trinajstić information content (AvgIpc) is 2.45. The van der Waals surface area contributed by atoms with E-state index < -0.39 is 0 Å². The van der Waals surface area contributed by atoms with E-state index in [1.54, 1.807) is 0 Å². The molecule has 1 aliphatic rings. The summed E-state index contributed by atoms with van der Waals surface area (Å²) in [6.07, 6.45) is 7.68. The molecule has 0 aromatic heterocycles. The summed E-state index contributed by atoms with van der Waals surface area (Å²) in [5.41, 5.74) is 0.302. The highest BCUT2D eigenvalue weighted by atomic mass is 16.3. The molecule has 2 atom stereocenters. The lowest BCUT2D eigenvalue weighted by Crippen LogP contribution is -2.28. The smallest absolute Gasteiger partial charge is 0.0489 e. The van der Waals surface area contributed by atoms with Crippen LogP contribution in [-0.2, 0) is 0 Å². The van der Waals surface area contributed by atoms with Gasteiger partial charge in [-0.2, -0.15) is 0 Å². The van der Waals surface area contributed by atoms with Gasteiger partial charge >= 0.3 is 0 Å². The summed E-state index contributed by atoms with van der Waals surface area (Å²) in [5.74, 6) is 0.744. The Balaban J connectivity index is 2.49. The van der Waals surface area contributed by atoms with Gasteiger partial charge in [0.25, 0.3) is 0 Å². The van der Waals surface area contributed by atoms with E-state index in [9.17, 15) is 5.11 Å². The summed E-state index contributed by atoms with van der Waals surface area (Å²) >= 11 is 0. The SMILES string of the molecule is CCCCC1(CO)CCCC1C. The number of hydrogen-bond acceptors (Lipinski definition) is 1. The Bertz CT molecular complexity index is 133. The molecule has 0 bridgehead atoms. The molecule has 1 aliphatic carbocycles. The van der Waals surface area contributed by atoms with Gasteiger partial charge in [0.05, 0.1) is 0 Å². The van der Waals surface area contributed by atoms with Crippen molar-refractivity contribution < 1.29 is 5.11 Å². The standard InChI is InChI=1S/C11H22O/c1-3-4-7-11(9-12)8-5-6-10(11)2/h10,12H,3-9H2,1-2H3. The van der Waals surface area contributed by atoms with Crippen molar-refractivity contribution in [3.05, 3.63) is 0 Å². The van der Waals surface area contributed by atoms with Gasteiger partial charge in [0, 0.05) is 6.61 Å². The lowest BCUT2D eigenvalue weighted by Gasteiger charge is -2.31. The van der Waals surface area contributed by atoms with Gasteiger partial charge in [0.2, 0.25) is 0 Å². The van der Waals surface area contributed by atoms with Crippen LogP contribution >= 0.6 is 0 Å². The number of unbranched alkanes of at least 4 members (excludes halogenated alkanes) is 1. The Morgan fingerprint density at radius 2 is 2.25 bits per heavy atom. The van der Waals surface area contributed by atoms with Gasteiger partial charge in [-0.15, -0.1) is 0 Å². The van der Waals surface area contributed by atoms with E-state index >= 15 is 0 Å². The fourth-order valence-electron chi connectivity index (χ4n) is 2.53. The van der Waals surface area contributed by atoms with E-state index in [0.717, 1.165) is 5.92 Å². The molecule has 0 saturated heterocycles. The summed E-state index contributed by atoms with van der Waals surface area (Å²) in [6, 6.07) is 0. The lowest BCUT2D eigenvalue weighted by molar-refractivity contribution is 0.0794. The minimum Gasteiger partial charge on any atom is -0.396 e. The van der Waals surface area contributed by atoms with Crippen LogP contribution in [0.2, 0.25) is 0 Å². The Morgan fingerprint density at radius 1 is 1.50 bits per heavy atom. The minimum absolute atomic E-state index is 0.302. The summed E-state index contributed by atoms with van der Waals surface area (Å²) in [7, 11) is 0. The molecule has 1 heteroatoms. The third kappa shape index (κ3) is 1.82. The van der Waals surface area contributed by atoms with Gasteiger partial charge in [-0.05, 0) is 24.2 Å². The van der Waals surface area contributed by atoms with Crippen molar-refractivity contribution in [2.24, 2.45) is 11.3 Å². The van der Waals surface area contributed by atoms with Crippen molar-refractivity contribution >= 4 is 0 Å². The Morgan fingerprint density at radius 3 is 2.67 bits per heavy atom. The quantitative estimate of drug-likeness (QED) is 0.687. The van der Waals surface area contributed by atoms with Gasteiger partial charge in [-0.25, -0.2) is 0 Å². The van der Waals surface area contributed by atoms with Crippen LogP contribution < -0.4 is 0 Å². The fraction of sp³-hybridized carbons (Fsp3) is 1.00. The van der Waals surface area contributed by atoms with Crippen molar-refractivity contribution in [3.8, 4) is 0 Å². The van der Waals surface area contributed by atoms with Crippen LogP contribution in [0.25, 0.3) is 0 Å². The van der Waals surface area contributed by atoms with Crippen LogP contribution in [0.15, 0.2) is 0 Å². The molecule has 1 saturated carbocycles. The highest BCUT2D eigenvalue weighted by Gasteiger charge is 2.38. The number of hydrogen-bond donors (Lipinski definition) is 1. The molecule has 1 rings (SSSR count). The second-order valence-electron chi connectivity index (χ2n) is 4.42. The van der Waals surface area contributed by atoms with Crippen molar-refractivity contribution in [1.29, 1.82) is 0 Å². The predicted octanol–water partition coefficient (Wildman–Crippen LogP) is 2.98. The van der Waals surface area contributed by atoms with Crippen LogP contribution in [-0.4, -0.2) is 11.7 Å². The summed E-state index contributed by atoms with van der Waals surface area (Å²) in [6.45, 7) is 4.94. The second-order valence-corrected chi connectivity index (χ2v) is 4.42. The first-order valence-corrected chi connectivity index (χ1v) is 5.36. The van der Waals surface area contributed by atoms with Crippen LogP contribution in [0, 0.1) is 11.3 Å². The van der Waals surface area contributed by atoms with E-state index in [1.807, 2.05) is 0 Å². The Hall–Kier alpha value is -0.0400. The molecule has 72 valence electrons. The molecule has 0 aliphatic heterocycles. The zero-order valence-electron chi connectivity index (χ0n) is 8.47. The first-order valence-electron chi connectivity index (χ1n) is 5.36. The molecule has 1 N–H and O–H groups in total. The van der Waals surface area contributed by atoms with Crippen LogP contribution in [0.3, 0.4) is 0 Å². The van der Waals surface area contributed by atoms with Crippen molar-refractivity contribution in [2.75, 3.05) is 6.61 Å². The maximum absolute atomic E-state index is 9.41. The molecule has 0 amide bonds. The molecule has 0 radical (unpaired) electrons. The Kier molecular flexibility index (Phi) is 3.57. The number of aliphatic hydroxyl groups excluding tert-OH is 1.